The lowest BCUT2D eigenvalue weighted by Crippen LogP contribution is -2.47. The van der Waals surface area contributed by atoms with Crippen LogP contribution in [-0.2, 0) is 0 Å². The van der Waals surface area contributed by atoms with Gasteiger partial charge in [-0.05, 0) is 32.2 Å². The number of nitrogens with one attached hydrogen (secondary N) is 3. The van der Waals surface area contributed by atoms with E-state index in [2.05, 4.69) is 20.9 Å². The van der Waals surface area contributed by atoms with Crippen molar-refractivity contribution < 1.29 is 0 Å². The monoisotopic (exact) mass is 231 g/mol. The number of likely N-dealkylation sites (N-methyl/N-ethyl adjacent to an activating group) is 1. The molecule has 0 spiro atoms. The number of anilines is 1. The quantitative estimate of drug-likeness (QED) is 0.607. The summed E-state index contributed by atoms with van der Waals surface area (Å²) in [6, 6.07) is 9.82. The van der Waals surface area contributed by atoms with Crippen LogP contribution in [0.5, 0.6) is 0 Å². The van der Waals surface area contributed by atoms with Gasteiger partial charge >= 0.3 is 0 Å². The number of rotatable bonds is 2. The zero-order valence-electron chi connectivity index (χ0n) is 9.99. The van der Waals surface area contributed by atoms with Crippen molar-refractivity contribution >= 4 is 11.6 Å². The van der Waals surface area contributed by atoms with Crippen LogP contribution in [0.1, 0.15) is 6.92 Å². The SMILES string of the molecule is CNC1(C)C=C(N)NC(Nc2ccccc2)=N1. The Labute approximate surface area is 101 Å². The summed E-state index contributed by atoms with van der Waals surface area (Å²) in [5.74, 6) is 1.21. The maximum absolute atomic E-state index is 5.82. The first-order valence-corrected chi connectivity index (χ1v) is 5.47. The van der Waals surface area contributed by atoms with Gasteiger partial charge in [0.15, 0.2) is 0 Å². The van der Waals surface area contributed by atoms with E-state index in [-0.39, 0.29) is 0 Å². The molecule has 5 N–H and O–H groups in total. The Balaban J connectivity index is 2.17. The fourth-order valence-corrected chi connectivity index (χ4v) is 1.61. The summed E-state index contributed by atoms with van der Waals surface area (Å²) in [7, 11) is 1.85. The highest BCUT2D eigenvalue weighted by molar-refractivity contribution is 5.95. The van der Waals surface area contributed by atoms with Crippen LogP contribution >= 0.6 is 0 Å². The van der Waals surface area contributed by atoms with Gasteiger partial charge in [0.1, 0.15) is 11.5 Å². The summed E-state index contributed by atoms with van der Waals surface area (Å²) < 4.78 is 0. The molecule has 2 rings (SSSR count). The van der Waals surface area contributed by atoms with Crippen molar-refractivity contribution in [1.29, 1.82) is 0 Å². The molecular formula is C12H17N5. The fourth-order valence-electron chi connectivity index (χ4n) is 1.61. The third kappa shape index (κ3) is 2.76. The molecule has 1 aliphatic rings. The largest absolute Gasteiger partial charge is 0.385 e. The molecule has 5 heteroatoms. The van der Waals surface area contributed by atoms with E-state index >= 15 is 0 Å². The lowest BCUT2D eigenvalue weighted by molar-refractivity contribution is 0.489. The van der Waals surface area contributed by atoms with Crippen molar-refractivity contribution in [3.63, 3.8) is 0 Å². The molecule has 1 heterocycles. The van der Waals surface area contributed by atoms with Crippen LogP contribution in [0.2, 0.25) is 0 Å². The minimum atomic E-state index is -0.480. The van der Waals surface area contributed by atoms with Crippen molar-refractivity contribution in [2.45, 2.75) is 12.6 Å². The van der Waals surface area contributed by atoms with Crippen LogP contribution in [0.3, 0.4) is 0 Å². The number of aliphatic imine (C=N–C) groups is 1. The molecule has 0 fully saturated rings. The topological polar surface area (TPSA) is 74.5 Å². The number of nitrogens with two attached hydrogens (primary N) is 1. The molecule has 0 bridgehead atoms. The highest BCUT2D eigenvalue weighted by Gasteiger charge is 2.23. The number of para-hydroxylation sites is 1. The van der Waals surface area contributed by atoms with Crippen molar-refractivity contribution in [2.24, 2.45) is 10.7 Å². The first kappa shape index (κ1) is 11.5. The van der Waals surface area contributed by atoms with E-state index in [1.165, 1.54) is 0 Å². The van der Waals surface area contributed by atoms with Crippen LogP contribution in [0.25, 0.3) is 0 Å². The number of guanidine groups is 1. The third-order valence-electron chi connectivity index (χ3n) is 2.59. The molecule has 0 saturated heterocycles. The van der Waals surface area contributed by atoms with E-state index in [1.807, 2.05) is 50.4 Å². The Bertz CT molecular complexity index is 451. The molecule has 90 valence electrons. The lowest BCUT2D eigenvalue weighted by Gasteiger charge is -2.28. The summed E-state index contributed by atoms with van der Waals surface area (Å²) in [5, 5.41) is 9.27. The number of hydrogen-bond acceptors (Lipinski definition) is 5. The second-order valence-electron chi connectivity index (χ2n) is 4.07. The van der Waals surface area contributed by atoms with Crippen molar-refractivity contribution in [1.82, 2.24) is 10.6 Å². The number of hydrogen-bond donors (Lipinski definition) is 4. The average Bonchev–Trinajstić information content (AvgIpc) is 2.29. The molecule has 0 aliphatic carbocycles. The van der Waals surface area contributed by atoms with E-state index in [0.717, 1.165) is 5.69 Å². The summed E-state index contributed by atoms with van der Waals surface area (Å²) in [6.45, 7) is 1.95. The summed E-state index contributed by atoms with van der Waals surface area (Å²) >= 11 is 0. The zero-order valence-corrected chi connectivity index (χ0v) is 9.99. The first-order chi connectivity index (χ1) is 8.11. The Morgan fingerprint density at radius 3 is 2.65 bits per heavy atom. The normalized spacial score (nSPS) is 23.4. The van der Waals surface area contributed by atoms with Crippen LogP contribution in [0.4, 0.5) is 5.69 Å². The molecule has 1 atom stereocenters. The Hall–Kier alpha value is -2.01. The minimum Gasteiger partial charge on any atom is -0.385 e. The van der Waals surface area contributed by atoms with Crippen molar-refractivity contribution in [3.05, 3.63) is 42.2 Å². The molecule has 0 saturated carbocycles. The minimum absolute atomic E-state index is 0.480. The van der Waals surface area contributed by atoms with Gasteiger partial charge in [0.05, 0.1) is 0 Å². The molecule has 0 aromatic heterocycles. The summed E-state index contributed by atoms with van der Waals surface area (Å²) in [4.78, 5) is 4.50. The van der Waals surface area contributed by atoms with E-state index in [0.29, 0.717) is 11.8 Å². The summed E-state index contributed by atoms with van der Waals surface area (Å²) in [5.41, 5.74) is 6.30. The second kappa shape index (κ2) is 4.47. The van der Waals surface area contributed by atoms with Crippen LogP contribution in [0, 0.1) is 0 Å². The van der Waals surface area contributed by atoms with Gasteiger partial charge in [-0.2, -0.15) is 0 Å². The Morgan fingerprint density at radius 2 is 2.00 bits per heavy atom. The number of benzene rings is 1. The van der Waals surface area contributed by atoms with Gasteiger partial charge in [0, 0.05) is 5.69 Å². The summed E-state index contributed by atoms with van der Waals surface area (Å²) in [6.07, 6.45) is 1.84. The van der Waals surface area contributed by atoms with Gasteiger partial charge in [-0.1, -0.05) is 18.2 Å². The van der Waals surface area contributed by atoms with Crippen molar-refractivity contribution in [2.75, 3.05) is 12.4 Å². The predicted octanol–water partition coefficient (Wildman–Crippen LogP) is 0.793. The van der Waals surface area contributed by atoms with Crippen LogP contribution < -0.4 is 21.7 Å². The van der Waals surface area contributed by atoms with E-state index in [1.54, 1.807) is 0 Å². The van der Waals surface area contributed by atoms with E-state index < -0.39 is 5.66 Å². The number of nitrogens with zero attached hydrogens (tertiary/aromatic N) is 1. The van der Waals surface area contributed by atoms with Gasteiger partial charge in [-0.15, -0.1) is 0 Å². The fraction of sp³-hybridized carbons (Fsp3) is 0.250. The Kier molecular flexibility index (Phi) is 3.01. The molecular weight excluding hydrogens is 214 g/mol. The average molecular weight is 231 g/mol. The molecule has 1 aliphatic heterocycles. The molecule has 17 heavy (non-hydrogen) atoms. The molecule has 1 unspecified atom stereocenters. The van der Waals surface area contributed by atoms with E-state index in [4.69, 9.17) is 5.73 Å². The van der Waals surface area contributed by atoms with Crippen molar-refractivity contribution in [3.8, 4) is 0 Å². The van der Waals surface area contributed by atoms with Crippen LogP contribution in [-0.4, -0.2) is 18.7 Å². The smallest absolute Gasteiger partial charge is 0.203 e. The molecule has 1 aromatic rings. The zero-order chi connectivity index (χ0) is 12.3. The van der Waals surface area contributed by atoms with Gasteiger partial charge in [-0.25, -0.2) is 4.99 Å². The standard InChI is InChI=1S/C12H17N5/c1-12(14-2)8-10(13)16-11(17-12)15-9-6-4-3-5-7-9/h3-8,14H,13H2,1-2H3,(H2,15,16,17). The van der Waals surface area contributed by atoms with Gasteiger partial charge in [0.25, 0.3) is 0 Å². The molecule has 0 amide bonds. The van der Waals surface area contributed by atoms with E-state index in [9.17, 15) is 0 Å². The van der Waals surface area contributed by atoms with Gasteiger partial charge in [-0.3, -0.25) is 5.32 Å². The highest BCUT2D eigenvalue weighted by atomic mass is 15.3. The maximum atomic E-state index is 5.82. The predicted molar refractivity (Wildman–Crippen MR) is 70.4 cm³/mol. The van der Waals surface area contributed by atoms with Crippen LogP contribution in [0.15, 0.2) is 47.2 Å². The first-order valence-electron chi connectivity index (χ1n) is 5.47. The maximum Gasteiger partial charge on any atom is 0.203 e. The Morgan fingerprint density at radius 1 is 1.29 bits per heavy atom. The van der Waals surface area contributed by atoms with Gasteiger partial charge < -0.3 is 16.4 Å². The highest BCUT2D eigenvalue weighted by Crippen LogP contribution is 2.13. The second-order valence-corrected chi connectivity index (χ2v) is 4.07. The lowest BCUT2D eigenvalue weighted by atomic mass is 10.2. The van der Waals surface area contributed by atoms with Gasteiger partial charge in [0.2, 0.25) is 5.96 Å². The third-order valence-corrected chi connectivity index (χ3v) is 2.59. The molecule has 0 radical (unpaired) electrons. The molecule has 1 aromatic carbocycles. The molecule has 5 nitrogen and oxygen atoms in total.